The largest absolute Gasteiger partial charge is 0.391 e. The number of aromatic nitrogens is 3. The maximum Gasteiger partial charge on any atom is 0.270 e. The van der Waals surface area contributed by atoms with E-state index in [0.717, 1.165) is 31.4 Å². The third-order valence-electron chi connectivity index (χ3n) is 3.79. The molecule has 6 heteroatoms. The number of aliphatic hydroxyl groups is 1. The van der Waals surface area contributed by atoms with Gasteiger partial charge >= 0.3 is 0 Å². The van der Waals surface area contributed by atoms with Gasteiger partial charge in [0, 0.05) is 18.6 Å². The summed E-state index contributed by atoms with van der Waals surface area (Å²) >= 11 is 0. The number of carbonyl (C=O) groups is 1. The Balaban J connectivity index is 1.74. The summed E-state index contributed by atoms with van der Waals surface area (Å²) in [7, 11) is 0. The van der Waals surface area contributed by atoms with E-state index in [9.17, 15) is 9.90 Å². The van der Waals surface area contributed by atoms with Crippen LogP contribution in [0.5, 0.6) is 0 Å². The van der Waals surface area contributed by atoms with E-state index >= 15 is 0 Å². The van der Waals surface area contributed by atoms with Gasteiger partial charge in [-0.05, 0) is 31.0 Å². The number of hydrogen-bond donors (Lipinski definition) is 2. The lowest BCUT2D eigenvalue weighted by Gasteiger charge is -2.28. The van der Waals surface area contributed by atoms with Crippen molar-refractivity contribution in [2.75, 3.05) is 0 Å². The Bertz CT molecular complexity index is 612. The fourth-order valence-corrected chi connectivity index (χ4v) is 2.63. The minimum atomic E-state index is -0.461. The van der Waals surface area contributed by atoms with Crippen molar-refractivity contribution in [1.29, 1.82) is 0 Å². The van der Waals surface area contributed by atoms with Crippen LogP contribution in [0.2, 0.25) is 0 Å². The molecule has 1 aliphatic rings. The monoisotopic (exact) mass is 286 g/mol. The maximum atomic E-state index is 12.3. The predicted octanol–water partition coefficient (Wildman–Crippen LogP) is 1.30. The second-order valence-electron chi connectivity index (χ2n) is 5.28. The summed E-state index contributed by atoms with van der Waals surface area (Å²) in [6.07, 6.45) is 8.21. The van der Waals surface area contributed by atoms with Crippen LogP contribution in [0.4, 0.5) is 0 Å². The van der Waals surface area contributed by atoms with E-state index in [0.29, 0.717) is 5.69 Å². The first-order chi connectivity index (χ1) is 10.2. The van der Waals surface area contributed by atoms with Crippen LogP contribution >= 0.6 is 0 Å². The zero-order valence-corrected chi connectivity index (χ0v) is 11.6. The third-order valence-corrected chi connectivity index (χ3v) is 3.79. The van der Waals surface area contributed by atoms with E-state index in [-0.39, 0.29) is 11.9 Å². The minimum absolute atomic E-state index is 0.179. The summed E-state index contributed by atoms with van der Waals surface area (Å²) in [5.41, 5.74) is 1.12. The van der Waals surface area contributed by atoms with Gasteiger partial charge in [-0.1, -0.05) is 12.8 Å². The van der Waals surface area contributed by atoms with Crippen molar-refractivity contribution < 1.29 is 9.90 Å². The molecule has 0 bridgehead atoms. The minimum Gasteiger partial charge on any atom is -0.391 e. The van der Waals surface area contributed by atoms with Crippen molar-refractivity contribution >= 4 is 5.91 Å². The topological polar surface area (TPSA) is 80.0 Å². The van der Waals surface area contributed by atoms with E-state index < -0.39 is 6.10 Å². The molecule has 2 N–H and O–H groups in total. The quantitative estimate of drug-likeness (QED) is 0.891. The first-order valence-electron chi connectivity index (χ1n) is 7.19. The van der Waals surface area contributed by atoms with Gasteiger partial charge in [-0.2, -0.15) is 5.10 Å². The Hall–Kier alpha value is -2.21. The molecule has 1 saturated carbocycles. The van der Waals surface area contributed by atoms with Gasteiger partial charge in [-0.15, -0.1) is 0 Å². The smallest absolute Gasteiger partial charge is 0.270 e. The Kier molecular flexibility index (Phi) is 3.96. The van der Waals surface area contributed by atoms with Crippen LogP contribution in [-0.4, -0.2) is 37.9 Å². The molecule has 1 aliphatic carbocycles. The zero-order valence-electron chi connectivity index (χ0n) is 11.6. The summed E-state index contributed by atoms with van der Waals surface area (Å²) in [4.78, 5) is 16.4. The molecular weight excluding hydrogens is 268 g/mol. The van der Waals surface area contributed by atoms with Crippen LogP contribution in [-0.2, 0) is 0 Å². The highest BCUT2D eigenvalue weighted by Gasteiger charge is 2.25. The van der Waals surface area contributed by atoms with Crippen molar-refractivity contribution in [2.24, 2.45) is 0 Å². The van der Waals surface area contributed by atoms with E-state index in [1.165, 1.54) is 0 Å². The number of nitrogens with one attached hydrogen (secondary N) is 1. The fraction of sp³-hybridized carbons (Fsp3) is 0.400. The normalized spacial score (nSPS) is 22.0. The molecule has 2 atom stereocenters. The lowest BCUT2D eigenvalue weighted by Crippen LogP contribution is -2.45. The number of nitrogens with zero attached hydrogens (tertiary/aromatic N) is 3. The highest BCUT2D eigenvalue weighted by Crippen LogP contribution is 2.18. The van der Waals surface area contributed by atoms with E-state index in [4.69, 9.17) is 0 Å². The van der Waals surface area contributed by atoms with Gasteiger partial charge in [0.05, 0.1) is 17.8 Å². The molecule has 1 amide bonds. The average molecular weight is 286 g/mol. The van der Waals surface area contributed by atoms with Gasteiger partial charge in [-0.3, -0.25) is 9.78 Å². The van der Waals surface area contributed by atoms with Gasteiger partial charge < -0.3 is 10.4 Å². The molecule has 2 unspecified atom stereocenters. The predicted molar refractivity (Wildman–Crippen MR) is 77.1 cm³/mol. The summed E-state index contributed by atoms with van der Waals surface area (Å²) in [6.45, 7) is 0. The molecule has 2 heterocycles. The van der Waals surface area contributed by atoms with Crippen molar-refractivity contribution in [3.05, 3.63) is 42.5 Å². The molecule has 2 aromatic rings. The Morgan fingerprint density at radius 1 is 1.33 bits per heavy atom. The van der Waals surface area contributed by atoms with Gasteiger partial charge in [0.25, 0.3) is 5.91 Å². The molecular formula is C15H18N4O2. The summed E-state index contributed by atoms with van der Waals surface area (Å²) in [5, 5.41) is 16.9. The molecule has 110 valence electrons. The van der Waals surface area contributed by atoms with Crippen LogP contribution in [0.3, 0.4) is 0 Å². The highest BCUT2D eigenvalue weighted by molar-refractivity contribution is 5.93. The molecule has 2 aromatic heterocycles. The molecule has 0 aromatic carbocycles. The van der Waals surface area contributed by atoms with E-state index in [1.807, 2.05) is 12.3 Å². The number of hydrogen-bond acceptors (Lipinski definition) is 4. The average Bonchev–Trinajstić information content (AvgIpc) is 3.04. The molecule has 0 spiro atoms. The number of pyridine rings is 1. The van der Waals surface area contributed by atoms with E-state index in [1.54, 1.807) is 29.2 Å². The molecule has 0 aliphatic heterocycles. The third kappa shape index (κ3) is 3.11. The van der Waals surface area contributed by atoms with Crippen molar-refractivity contribution in [3.8, 4) is 5.69 Å². The van der Waals surface area contributed by atoms with Crippen LogP contribution in [0.15, 0.2) is 36.8 Å². The van der Waals surface area contributed by atoms with E-state index in [2.05, 4.69) is 15.4 Å². The number of amides is 1. The molecule has 0 radical (unpaired) electrons. The molecule has 0 saturated heterocycles. The van der Waals surface area contributed by atoms with Crippen molar-refractivity contribution in [2.45, 2.75) is 37.8 Å². The first-order valence-corrected chi connectivity index (χ1v) is 7.19. The van der Waals surface area contributed by atoms with Gasteiger partial charge in [0.15, 0.2) is 0 Å². The molecule has 6 nitrogen and oxygen atoms in total. The summed E-state index contributed by atoms with van der Waals surface area (Å²) in [5.74, 6) is -0.255. The number of aliphatic hydroxyl groups excluding tert-OH is 1. The van der Waals surface area contributed by atoms with Gasteiger partial charge in [0.1, 0.15) is 5.69 Å². The number of rotatable bonds is 3. The number of carbonyl (C=O) groups excluding carboxylic acids is 1. The highest BCUT2D eigenvalue weighted by atomic mass is 16.3. The SMILES string of the molecule is O=C(NC1CCCCC1O)c1cc(-n2cccn2)ccn1. The first kappa shape index (κ1) is 13.8. The lowest BCUT2D eigenvalue weighted by molar-refractivity contribution is 0.0714. The standard InChI is InChI=1S/C15H18N4O2/c20-14-5-2-1-4-12(14)18-15(21)13-10-11(6-8-16-13)19-9-3-7-17-19/h3,6-10,12,14,20H,1-2,4-5H2,(H,18,21). The molecule has 1 fully saturated rings. The van der Waals surface area contributed by atoms with Gasteiger partial charge in [0.2, 0.25) is 0 Å². The Morgan fingerprint density at radius 2 is 2.19 bits per heavy atom. The zero-order chi connectivity index (χ0) is 14.7. The Labute approximate surface area is 122 Å². The summed E-state index contributed by atoms with van der Waals surface area (Å²) in [6, 6.07) is 5.12. The van der Waals surface area contributed by atoms with Crippen LogP contribution in [0.1, 0.15) is 36.2 Å². The van der Waals surface area contributed by atoms with Crippen molar-refractivity contribution in [3.63, 3.8) is 0 Å². The molecule has 21 heavy (non-hydrogen) atoms. The van der Waals surface area contributed by atoms with Crippen molar-refractivity contribution in [1.82, 2.24) is 20.1 Å². The Morgan fingerprint density at radius 3 is 2.95 bits per heavy atom. The summed E-state index contributed by atoms with van der Waals surface area (Å²) < 4.78 is 1.67. The second kappa shape index (κ2) is 6.05. The lowest BCUT2D eigenvalue weighted by atomic mass is 9.92. The van der Waals surface area contributed by atoms with Crippen LogP contribution in [0.25, 0.3) is 5.69 Å². The fourth-order valence-electron chi connectivity index (χ4n) is 2.63. The maximum absolute atomic E-state index is 12.3. The van der Waals surface area contributed by atoms with Crippen LogP contribution < -0.4 is 5.32 Å². The molecule has 3 rings (SSSR count). The second-order valence-corrected chi connectivity index (χ2v) is 5.28. The van der Waals surface area contributed by atoms with Crippen LogP contribution in [0, 0.1) is 0 Å². The van der Waals surface area contributed by atoms with Gasteiger partial charge in [-0.25, -0.2) is 4.68 Å².